The second-order valence-corrected chi connectivity index (χ2v) is 12.2. The van der Waals surface area contributed by atoms with Gasteiger partial charge in [0.15, 0.2) is 0 Å². The van der Waals surface area contributed by atoms with Crippen molar-refractivity contribution in [3.63, 3.8) is 0 Å². The van der Waals surface area contributed by atoms with Gasteiger partial charge < -0.3 is 10.2 Å². The molecule has 1 N–H and O–H groups in total. The number of halogens is 2. The van der Waals surface area contributed by atoms with Crippen LogP contribution in [0.3, 0.4) is 0 Å². The zero-order valence-electron chi connectivity index (χ0n) is 23.3. The van der Waals surface area contributed by atoms with Crippen molar-refractivity contribution in [1.82, 2.24) is 10.2 Å². The number of nitrogens with zero attached hydrogens (tertiary/aromatic N) is 2. The molecule has 3 rings (SSSR count). The maximum atomic E-state index is 13.9. The van der Waals surface area contributed by atoms with E-state index in [0.29, 0.717) is 22.6 Å². The van der Waals surface area contributed by atoms with Gasteiger partial charge in [-0.1, -0.05) is 48.4 Å². The van der Waals surface area contributed by atoms with Gasteiger partial charge >= 0.3 is 0 Å². The van der Waals surface area contributed by atoms with Crippen molar-refractivity contribution in [1.29, 1.82) is 0 Å². The molecule has 0 heterocycles. The third-order valence-electron chi connectivity index (χ3n) is 6.75. The minimum absolute atomic E-state index is 0.0212. The summed E-state index contributed by atoms with van der Waals surface area (Å²) in [5.41, 5.74) is 2.32. The predicted molar refractivity (Wildman–Crippen MR) is 156 cm³/mol. The van der Waals surface area contributed by atoms with E-state index < -0.39 is 34.3 Å². The molecule has 0 unspecified atom stereocenters. The molecule has 0 saturated carbocycles. The molecule has 0 aliphatic carbocycles. The van der Waals surface area contributed by atoms with E-state index in [1.54, 1.807) is 44.2 Å². The van der Waals surface area contributed by atoms with Crippen LogP contribution < -0.4 is 9.62 Å². The number of benzene rings is 3. The molecule has 3 aromatic rings. The van der Waals surface area contributed by atoms with E-state index in [1.165, 1.54) is 41.3 Å². The van der Waals surface area contributed by atoms with E-state index in [1.807, 2.05) is 20.8 Å². The van der Waals surface area contributed by atoms with Gasteiger partial charge in [-0.25, -0.2) is 12.8 Å². The molecule has 40 heavy (non-hydrogen) atoms. The van der Waals surface area contributed by atoms with Crippen LogP contribution in [0.25, 0.3) is 0 Å². The summed E-state index contributed by atoms with van der Waals surface area (Å²) >= 11 is 6.14. The second-order valence-electron chi connectivity index (χ2n) is 9.90. The van der Waals surface area contributed by atoms with Crippen molar-refractivity contribution in [2.75, 3.05) is 10.8 Å². The average molecular weight is 588 g/mol. The van der Waals surface area contributed by atoms with Gasteiger partial charge in [-0.3, -0.25) is 13.9 Å². The lowest BCUT2D eigenvalue weighted by Crippen LogP contribution is -2.52. The van der Waals surface area contributed by atoms with Gasteiger partial charge in [0.25, 0.3) is 10.0 Å². The molecule has 0 spiro atoms. The number of nitrogens with one attached hydrogen (secondary N) is 1. The molecule has 214 valence electrons. The Morgan fingerprint density at radius 3 is 2.17 bits per heavy atom. The minimum atomic E-state index is -4.19. The quantitative estimate of drug-likeness (QED) is 0.315. The zero-order valence-corrected chi connectivity index (χ0v) is 24.9. The van der Waals surface area contributed by atoms with E-state index in [0.717, 1.165) is 9.87 Å². The standard InChI is InChI=1S/C30H35ClFN3O4S/c1-6-22(4)33-30(37)23(5)34(18-24-9-12-26(32)13-10-24)29(36)19-35(28-16-11-25(31)17-21(28)3)40(38,39)27-14-7-20(2)8-15-27/h7-17,22-23H,6,18-19H2,1-5H3,(H,33,37)/t22-,23-/m0/s1. The Morgan fingerprint density at radius 1 is 0.975 bits per heavy atom. The lowest BCUT2D eigenvalue weighted by atomic mass is 10.1. The van der Waals surface area contributed by atoms with Crippen LogP contribution in [-0.4, -0.2) is 43.8 Å². The van der Waals surface area contributed by atoms with Crippen molar-refractivity contribution >= 4 is 39.1 Å². The molecule has 0 saturated heterocycles. The number of amides is 2. The van der Waals surface area contributed by atoms with Crippen molar-refractivity contribution in [3.8, 4) is 0 Å². The first-order valence-corrected chi connectivity index (χ1v) is 14.8. The van der Waals surface area contributed by atoms with Crippen LogP contribution in [0, 0.1) is 19.7 Å². The lowest BCUT2D eigenvalue weighted by Gasteiger charge is -2.33. The smallest absolute Gasteiger partial charge is 0.264 e. The van der Waals surface area contributed by atoms with Gasteiger partial charge in [0.1, 0.15) is 18.4 Å². The van der Waals surface area contributed by atoms with E-state index in [2.05, 4.69) is 5.32 Å². The van der Waals surface area contributed by atoms with Gasteiger partial charge in [-0.2, -0.15) is 0 Å². The van der Waals surface area contributed by atoms with E-state index in [-0.39, 0.29) is 29.1 Å². The summed E-state index contributed by atoms with van der Waals surface area (Å²) in [6.45, 7) is 8.34. The highest BCUT2D eigenvalue weighted by Crippen LogP contribution is 2.29. The fourth-order valence-corrected chi connectivity index (χ4v) is 5.79. The molecule has 2 amide bonds. The van der Waals surface area contributed by atoms with Gasteiger partial charge in [-0.05, 0) is 87.7 Å². The van der Waals surface area contributed by atoms with E-state index in [9.17, 15) is 22.4 Å². The van der Waals surface area contributed by atoms with Crippen LogP contribution in [0.15, 0.2) is 71.6 Å². The Morgan fingerprint density at radius 2 is 1.60 bits per heavy atom. The number of aryl methyl sites for hydroxylation is 2. The molecule has 0 aliphatic heterocycles. The topological polar surface area (TPSA) is 86.8 Å². The monoisotopic (exact) mass is 587 g/mol. The number of carbonyl (C=O) groups excluding carboxylic acids is 2. The molecule has 0 aliphatic rings. The number of carbonyl (C=O) groups is 2. The van der Waals surface area contributed by atoms with Crippen LogP contribution in [0.5, 0.6) is 0 Å². The Labute approximate surface area is 241 Å². The Kier molecular flexibility index (Phi) is 10.3. The largest absolute Gasteiger partial charge is 0.352 e. The number of anilines is 1. The Hall–Kier alpha value is -3.43. The molecule has 0 radical (unpaired) electrons. The number of rotatable bonds is 11. The summed E-state index contributed by atoms with van der Waals surface area (Å²) < 4.78 is 42.5. The highest BCUT2D eigenvalue weighted by Gasteiger charge is 2.33. The van der Waals surface area contributed by atoms with Crippen LogP contribution in [0.1, 0.15) is 43.9 Å². The number of sulfonamides is 1. The first-order valence-electron chi connectivity index (χ1n) is 13.0. The summed E-state index contributed by atoms with van der Waals surface area (Å²) in [5.74, 6) is -1.40. The molecular formula is C30H35ClFN3O4S. The highest BCUT2D eigenvalue weighted by atomic mass is 35.5. The first-order chi connectivity index (χ1) is 18.8. The highest BCUT2D eigenvalue weighted by molar-refractivity contribution is 7.92. The SMILES string of the molecule is CC[C@H](C)NC(=O)[C@H](C)N(Cc1ccc(F)cc1)C(=O)CN(c1ccc(Cl)cc1C)S(=O)(=O)c1ccc(C)cc1. The molecule has 3 aromatic carbocycles. The van der Waals surface area contributed by atoms with Crippen LogP contribution in [0.2, 0.25) is 5.02 Å². The van der Waals surface area contributed by atoms with Crippen LogP contribution in [-0.2, 0) is 26.2 Å². The summed E-state index contributed by atoms with van der Waals surface area (Å²) in [5, 5.41) is 3.31. The molecule has 7 nitrogen and oxygen atoms in total. The van der Waals surface area contributed by atoms with Gasteiger partial charge in [0.05, 0.1) is 10.6 Å². The predicted octanol–water partition coefficient (Wildman–Crippen LogP) is 5.62. The number of hydrogen-bond donors (Lipinski definition) is 1. The fraction of sp³-hybridized carbons (Fsp3) is 0.333. The molecular weight excluding hydrogens is 553 g/mol. The first kappa shape index (κ1) is 31.1. The summed E-state index contributed by atoms with van der Waals surface area (Å²) in [6, 6.07) is 15.6. The maximum absolute atomic E-state index is 13.9. The molecule has 0 aromatic heterocycles. The summed E-state index contributed by atoms with van der Waals surface area (Å²) in [4.78, 5) is 28.4. The molecule has 10 heteroatoms. The van der Waals surface area contributed by atoms with Gasteiger partial charge in [0, 0.05) is 17.6 Å². The van der Waals surface area contributed by atoms with Crippen molar-refractivity contribution < 1.29 is 22.4 Å². The lowest BCUT2D eigenvalue weighted by molar-refractivity contribution is -0.139. The van der Waals surface area contributed by atoms with Crippen molar-refractivity contribution in [2.45, 2.75) is 64.6 Å². The summed E-state index contributed by atoms with van der Waals surface area (Å²) in [6.07, 6.45) is 0.697. The maximum Gasteiger partial charge on any atom is 0.264 e. The number of hydrogen-bond acceptors (Lipinski definition) is 4. The fourth-order valence-electron chi connectivity index (χ4n) is 4.08. The third-order valence-corrected chi connectivity index (χ3v) is 8.76. The van der Waals surface area contributed by atoms with E-state index >= 15 is 0 Å². The average Bonchev–Trinajstić information content (AvgIpc) is 2.91. The summed E-state index contributed by atoms with van der Waals surface area (Å²) in [7, 11) is -4.19. The Bertz CT molecular complexity index is 1450. The van der Waals surface area contributed by atoms with Crippen LogP contribution >= 0.6 is 11.6 Å². The van der Waals surface area contributed by atoms with E-state index in [4.69, 9.17) is 11.6 Å². The van der Waals surface area contributed by atoms with Gasteiger partial charge in [0.2, 0.25) is 11.8 Å². The zero-order chi connectivity index (χ0) is 29.6. The third kappa shape index (κ3) is 7.61. The van der Waals surface area contributed by atoms with Crippen LogP contribution in [0.4, 0.5) is 10.1 Å². The van der Waals surface area contributed by atoms with Crippen molar-refractivity contribution in [2.24, 2.45) is 0 Å². The normalized spacial score (nSPS) is 12.9. The second kappa shape index (κ2) is 13.3. The molecule has 0 fully saturated rings. The minimum Gasteiger partial charge on any atom is -0.352 e. The van der Waals surface area contributed by atoms with Gasteiger partial charge in [-0.15, -0.1) is 0 Å². The molecule has 2 atom stereocenters. The molecule has 0 bridgehead atoms. The Balaban J connectivity index is 2.05. The van der Waals surface area contributed by atoms with Crippen molar-refractivity contribution in [3.05, 3.63) is 94.3 Å².